The Morgan fingerprint density at radius 2 is 1.60 bits per heavy atom. The van der Waals surface area contributed by atoms with Crippen molar-refractivity contribution in [2.75, 3.05) is 0 Å². The molecule has 0 N–H and O–H groups in total. The van der Waals surface area contributed by atoms with Gasteiger partial charge in [0.05, 0.1) is 3.57 Å². The molecule has 0 spiro atoms. The Morgan fingerprint density at radius 3 is 2.35 bits per heavy atom. The van der Waals surface area contributed by atoms with E-state index in [2.05, 4.69) is 57.3 Å². The van der Waals surface area contributed by atoms with Crippen molar-refractivity contribution < 1.29 is 14.2 Å². The van der Waals surface area contributed by atoms with E-state index in [0.29, 0.717) is 11.8 Å². The third-order valence-corrected chi connectivity index (χ3v) is 6.67. The van der Waals surface area contributed by atoms with E-state index in [4.69, 9.17) is 14.2 Å². The summed E-state index contributed by atoms with van der Waals surface area (Å²) in [5.74, 6) is 3.22. The van der Waals surface area contributed by atoms with Crippen LogP contribution in [0.5, 0.6) is 11.5 Å². The number of rotatable bonds is 0. The van der Waals surface area contributed by atoms with Gasteiger partial charge < -0.3 is 14.2 Å². The molecule has 1 aromatic rings. The van der Waals surface area contributed by atoms with Gasteiger partial charge in [0, 0.05) is 3.57 Å². The van der Waals surface area contributed by atoms with Crippen LogP contribution in [0.1, 0.15) is 19.3 Å². The molecule has 3 fully saturated rings. The van der Waals surface area contributed by atoms with Gasteiger partial charge in [-0.25, -0.2) is 0 Å². The zero-order valence-electron chi connectivity index (χ0n) is 10.7. The fourth-order valence-corrected chi connectivity index (χ4v) is 6.44. The van der Waals surface area contributed by atoms with Gasteiger partial charge in [-0.05, 0) is 82.0 Å². The minimum atomic E-state index is 0.0976. The van der Waals surface area contributed by atoms with Gasteiger partial charge in [-0.2, -0.15) is 0 Å². The second-order valence-corrected chi connectivity index (χ2v) is 8.61. The largest absolute Gasteiger partial charge is 0.480 e. The summed E-state index contributed by atoms with van der Waals surface area (Å²) in [6.45, 7) is 0. The van der Waals surface area contributed by atoms with Crippen LogP contribution in [0, 0.1) is 19.0 Å². The average Bonchev–Trinajstić information content (AvgIpc) is 3.07. The lowest BCUT2D eigenvalue weighted by Crippen LogP contribution is -2.52. The van der Waals surface area contributed by atoms with Crippen molar-refractivity contribution in [3.8, 4) is 11.5 Å². The van der Waals surface area contributed by atoms with Gasteiger partial charge in [-0.15, -0.1) is 0 Å². The van der Waals surface area contributed by atoms with Gasteiger partial charge in [-0.3, -0.25) is 0 Å². The summed E-state index contributed by atoms with van der Waals surface area (Å²) in [6.07, 6.45) is 4.64. The third kappa shape index (κ3) is 1.60. The Morgan fingerprint density at radius 1 is 0.900 bits per heavy atom. The monoisotopic (exact) mass is 496 g/mol. The van der Waals surface area contributed by atoms with E-state index < -0.39 is 0 Å². The minimum absolute atomic E-state index is 0.0976. The topological polar surface area (TPSA) is 27.7 Å². The SMILES string of the molecule is Ic1cc(I)c2c(c1)OC1C3OC(C4CCCC43)C1O2. The van der Waals surface area contributed by atoms with Crippen molar-refractivity contribution in [3.63, 3.8) is 0 Å². The van der Waals surface area contributed by atoms with Crippen LogP contribution < -0.4 is 9.47 Å². The minimum Gasteiger partial charge on any atom is -0.480 e. The molecule has 1 aromatic carbocycles. The van der Waals surface area contributed by atoms with Crippen LogP contribution in [-0.2, 0) is 4.74 Å². The molecule has 106 valence electrons. The summed E-state index contributed by atoms with van der Waals surface area (Å²) in [7, 11) is 0. The number of hydrogen-bond acceptors (Lipinski definition) is 3. The molecule has 6 unspecified atom stereocenters. The fourth-order valence-electron chi connectivity index (χ4n) is 4.52. The first-order valence-electron chi connectivity index (χ1n) is 7.20. The molecule has 3 aliphatic heterocycles. The van der Waals surface area contributed by atoms with Crippen LogP contribution in [0.4, 0.5) is 0 Å². The van der Waals surface area contributed by atoms with E-state index in [0.717, 1.165) is 15.1 Å². The van der Waals surface area contributed by atoms with E-state index in [1.807, 2.05) is 0 Å². The predicted molar refractivity (Wildman–Crippen MR) is 90.2 cm³/mol. The molecule has 0 amide bonds. The van der Waals surface area contributed by atoms with Crippen molar-refractivity contribution in [2.45, 2.75) is 43.7 Å². The predicted octanol–water partition coefficient (Wildman–Crippen LogP) is 3.60. The van der Waals surface area contributed by atoms with Crippen LogP contribution in [0.15, 0.2) is 12.1 Å². The van der Waals surface area contributed by atoms with E-state index in [1.54, 1.807) is 0 Å². The third-order valence-electron chi connectivity index (χ3n) is 5.25. The molecular formula is C15H14I2O3. The lowest BCUT2D eigenvalue weighted by molar-refractivity contribution is -0.0132. The molecule has 1 aliphatic carbocycles. The second kappa shape index (κ2) is 4.38. The first-order chi connectivity index (χ1) is 9.72. The highest BCUT2D eigenvalue weighted by atomic mass is 127. The van der Waals surface area contributed by atoms with Crippen LogP contribution in [0.2, 0.25) is 0 Å². The maximum absolute atomic E-state index is 6.32. The molecule has 0 radical (unpaired) electrons. The zero-order chi connectivity index (χ0) is 13.4. The van der Waals surface area contributed by atoms with Crippen molar-refractivity contribution in [1.29, 1.82) is 0 Å². The molecule has 2 saturated heterocycles. The summed E-state index contributed by atoms with van der Waals surface area (Å²) in [5.41, 5.74) is 0. The summed E-state index contributed by atoms with van der Waals surface area (Å²) < 4.78 is 21.2. The number of fused-ring (bicyclic) bond motifs is 9. The molecule has 6 atom stereocenters. The molecule has 0 aromatic heterocycles. The Hall–Kier alpha value is 0.240. The first-order valence-corrected chi connectivity index (χ1v) is 9.36. The molecular weight excluding hydrogens is 482 g/mol. The summed E-state index contributed by atoms with van der Waals surface area (Å²) in [6, 6.07) is 4.21. The summed E-state index contributed by atoms with van der Waals surface area (Å²) in [4.78, 5) is 0. The normalized spacial score (nSPS) is 43.5. The lowest BCUT2D eigenvalue weighted by atomic mass is 9.78. The van der Waals surface area contributed by atoms with Crippen LogP contribution in [0.25, 0.3) is 0 Å². The smallest absolute Gasteiger partial charge is 0.175 e. The molecule has 3 nitrogen and oxygen atoms in total. The standard InChI is InChI=1S/C15H14I2O3/c16-6-4-9(17)13-10(5-6)18-14-11-7-2-1-3-8(7)12(19-11)15(14)20-13/h4-5,7-8,11-12,14-15H,1-3H2. The summed E-state index contributed by atoms with van der Waals surface area (Å²) >= 11 is 4.66. The van der Waals surface area contributed by atoms with E-state index in [9.17, 15) is 0 Å². The van der Waals surface area contributed by atoms with Gasteiger partial charge in [0.25, 0.3) is 0 Å². The second-order valence-electron chi connectivity index (χ2n) is 6.20. The molecule has 4 aliphatic rings. The molecule has 5 rings (SSSR count). The van der Waals surface area contributed by atoms with Crippen molar-refractivity contribution in [3.05, 3.63) is 19.3 Å². The van der Waals surface area contributed by atoms with Gasteiger partial charge in [0.15, 0.2) is 23.7 Å². The Balaban J connectivity index is 1.56. The van der Waals surface area contributed by atoms with Crippen molar-refractivity contribution >= 4 is 45.2 Å². The zero-order valence-corrected chi connectivity index (χ0v) is 15.0. The number of halogens is 2. The maximum Gasteiger partial charge on any atom is 0.175 e. The Bertz CT molecular complexity index is 591. The van der Waals surface area contributed by atoms with E-state index in [1.165, 1.54) is 22.8 Å². The molecule has 5 heteroatoms. The average molecular weight is 496 g/mol. The van der Waals surface area contributed by atoms with Gasteiger partial charge in [0.1, 0.15) is 12.2 Å². The molecule has 20 heavy (non-hydrogen) atoms. The van der Waals surface area contributed by atoms with Crippen molar-refractivity contribution in [2.24, 2.45) is 11.8 Å². The molecule has 3 heterocycles. The lowest BCUT2D eigenvalue weighted by Gasteiger charge is -2.39. The quantitative estimate of drug-likeness (QED) is 0.515. The van der Waals surface area contributed by atoms with E-state index in [-0.39, 0.29) is 24.4 Å². The Kier molecular flexibility index (Phi) is 2.79. The number of ether oxygens (including phenoxy) is 3. The van der Waals surface area contributed by atoms with Crippen LogP contribution in [-0.4, -0.2) is 24.4 Å². The Labute approximate surface area is 145 Å². The van der Waals surface area contributed by atoms with Gasteiger partial charge in [-0.1, -0.05) is 6.42 Å². The maximum atomic E-state index is 6.32. The highest BCUT2D eigenvalue weighted by Crippen LogP contribution is 2.55. The van der Waals surface area contributed by atoms with Gasteiger partial charge in [0.2, 0.25) is 0 Å². The first kappa shape index (κ1) is 12.8. The summed E-state index contributed by atoms with van der Waals surface area (Å²) in [5, 5.41) is 0. The van der Waals surface area contributed by atoms with Crippen LogP contribution >= 0.6 is 45.2 Å². The highest BCUT2D eigenvalue weighted by molar-refractivity contribution is 14.1. The molecule has 2 bridgehead atoms. The van der Waals surface area contributed by atoms with Gasteiger partial charge >= 0.3 is 0 Å². The van der Waals surface area contributed by atoms with Crippen molar-refractivity contribution in [1.82, 2.24) is 0 Å². The fraction of sp³-hybridized carbons (Fsp3) is 0.600. The molecule has 1 saturated carbocycles. The van der Waals surface area contributed by atoms with E-state index >= 15 is 0 Å². The van der Waals surface area contributed by atoms with Crippen LogP contribution in [0.3, 0.4) is 0 Å². The number of hydrogen-bond donors (Lipinski definition) is 0. The number of benzene rings is 1. The highest BCUT2D eigenvalue weighted by Gasteiger charge is 2.64.